The van der Waals surface area contributed by atoms with E-state index in [-0.39, 0.29) is 16.8 Å². The van der Waals surface area contributed by atoms with Gasteiger partial charge < -0.3 is 10.6 Å². The molecule has 0 aromatic carbocycles. The molecule has 0 heterocycles. The topological polar surface area (TPSA) is 28.2 Å². The Morgan fingerprint density at radius 2 is 0.474 bits per heavy atom. The number of hydrogen-bond acceptors (Lipinski definition) is 0. The second-order valence-corrected chi connectivity index (χ2v) is 2.09. The van der Waals surface area contributed by atoms with Gasteiger partial charge in [-0.1, -0.05) is 0 Å². The Kier molecular flexibility index (Phi) is 9.20. The number of halogens is 12. The van der Waals surface area contributed by atoms with Crippen LogP contribution in [-0.4, -0.2) is 25.2 Å². The van der Waals surface area contributed by atoms with Crippen LogP contribution in [0.3, 0.4) is 0 Å². The van der Waals surface area contributed by atoms with Gasteiger partial charge in [0.2, 0.25) is 0 Å². The largest absolute Gasteiger partial charge is 2.00 e. The van der Waals surface area contributed by atoms with Crippen LogP contribution in [-0.2, 0) is 16.8 Å². The normalized spacial score (nSPS) is 13.3. The van der Waals surface area contributed by atoms with Gasteiger partial charge in [-0.15, -0.1) is 0 Å². The van der Waals surface area contributed by atoms with Crippen LogP contribution in [0.15, 0.2) is 0 Å². The molecule has 0 atom stereocenters. The van der Waals surface area contributed by atoms with Gasteiger partial charge in [-0.2, -0.15) is 52.7 Å². The number of alkyl halides is 12. The summed E-state index contributed by atoms with van der Waals surface area (Å²) in [4.78, 5) is 0. The average molecular weight is 363 g/mol. The second kappa shape index (κ2) is 7.39. The predicted octanol–water partition coefficient (Wildman–Crippen LogP) is 4.80. The van der Waals surface area contributed by atoms with Gasteiger partial charge in [0.25, 0.3) is 0 Å². The maximum Gasteiger partial charge on any atom is 2.00 e. The fourth-order valence-corrected chi connectivity index (χ4v) is 0.287. The first-order valence-corrected chi connectivity index (χ1v) is 3.16. The van der Waals surface area contributed by atoms with Gasteiger partial charge in [0.1, 0.15) is 0 Å². The molecule has 0 saturated heterocycles. The van der Waals surface area contributed by atoms with E-state index < -0.39 is 25.2 Å². The zero-order valence-electron chi connectivity index (χ0n) is 7.76. The van der Waals surface area contributed by atoms with E-state index in [1.807, 2.05) is 0 Å². The van der Waals surface area contributed by atoms with Crippen molar-refractivity contribution in [2.75, 3.05) is 0 Å². The quantitative estimate of drug-likeness (QED) is 0.437. The average Bonchev–Trinajstić information content (AvgIpc) is 1.64. The van der Waals surface area contributed by atoms with Crippen molar-refractivity contribution in [2.45, 2.75) is 25.2 Å². The molecule has 1 radical (unpaired) electrons. The maximum absolute atomic E-state index is 10.7. The summed E-state index contributed by atoms with van der Waals surface area (Å²) in [5.74, 6) is 0. The molecule has 0 aromatic heterocycles. The van der Waals surface area contributed by atoms with Crippen LogP contribution in [0.2, 0.25) is 0 Å². The van der Waals surface area contributed by atoms with Crippen LogP contribution >= 0.6 is 0 Å². The molecular weight excluding hydrogens is 363 g/mol. The van der Waals surface area contributed by atoms with Crippen molar-refractivity contribution in [3.8, 4) is 0 Å². The summed E-state index contributed by atoms with van der Waals surface area (Å²) in [5, 5.41) is 1.08. The van der Waals surface area contributed by atoms with Gasteiger partial charge in [-0.05, 0) is 0 Å². The predicted molar refractivity (Wildman–Crippen MR) is 30.9 cm³/mol. The first kappa shape index (κ1) is 23.7. The minimum Gasteiger partial charge on any atom is -0.478 e. The zero-order chi connectivity index (χ0) is 15.4. The van der Waals surface area contributed by atoms with Crippen molar-refractivity contribution in [2.24, 2.45) is 0 Å². The van der Waals surface area contributed by atoms with Crippen molar-refractivity contribution in [3.63, 3.8) is 0 Å². The molecule has 119 valence electrons. The van der Waals surface area contributed by atoms with E-state index in [2.05, 4.69) is 0 Å². The summed E-state index contributed by atoms with van der Waals surface area (Å²) in [5.41, 5.74) is 0. The van der Waals surface area contributed by atoms with Gasteiger partial charge in [0, 0.05) is 0 Å². The van der Waals surface area contributed by atoms with Crippen molar-refractivity contribution in [3.05, 3.63) is 10.6 Å². The fourth-order valence-electron chi connectivity index (χ4n) is 0.287. The molecule has 0 amide bonds. The fraction of sp³-hybridized carbons (Fsp3) is 1.00. The van der Waals surface area contributed by atoms with Crippen molar-refractivity contribution >= 4 is 0 Å². The molecule has 0 fully saturated rings. The number of hydrogen-bond donors (Lipinski definition) is 0. The van der Waals surface area contributed by atoms with E-state index >= 15 is 0 Å². The van der Waals surface area contributed by atoms with E-state index in [1.165, 1.54) is 0 Å². The Labute approximate surface area is 106 Å². The third-order valence-electron chi connectivity index (χ3n) is 0.507. The minimum absolute atomic E-state index is 0. The van der Waals surface area contributed by atoms with Crippen LogP contribution in [0.4, 0.5) is 52.7 Å². The number of rotatable bonds is 0. The van der Waals surface area contributed by atoms with Gasteiger partial charge in [0.15, 0.2) is 0 Å². The molecule has 0 bridgehead atoms. The van der Waals surface area contributed by atoms with E-state index in [9.17, 15) is 52.7 Å². The summed E-state index contributed by atoms with van der Waals surface area (Å²) in [6.45, 7) is 0. The van der Waals surface area contributed by atoms with E-state index in [0.29, 0.717) is 10.6 Å². The van der Waals surface area contributed by atoms with Crippen molar-refractivity contribution in [1.82, 2.24) is 0 Å². The van der Waals surface area contributed by atoms with Crippen LogP contribution in [0.1, 0.15) is 0 Å². The standard InChI is InChI=1S/2C2F6N.Co/c2*3-1(4,5)9-2(6,7)8;/q2*-1;+2. The monoisotopic (exact) mass is 363 g/mol. The Balaban J connectivity index is -0.000000256. The van der Waals surface area contributed by atoms with E-state index in [0.717, 1.165) is 0 Å². The van der Waals surface area contributed by atoms with Gasteiger partial charge in [0.05, 0.1) is 0 Å². The summed E-state index contributed by atoms with van der Waals surface area (Å²) in [6, 6.07) is 0. The molecule has 0 aliphatic rings. The van der Waals surface area contributed by atoms with Gasteiger partial charge >= 0.3 is 42.0 Å². The van der Waals surface area contributed by atoms with Gasteiger partial charge in [-0.3, -0.25) is 0 Å². The smallest absolute Gasteiger partial charge is 0.478 e. The van der Waals surface area contributed by atoms with Crippen LogP contribution in [0.5, 0.6) is 0 Å². The molecule has 0 N–H and O–H groups in total. The molecule has 0 aromatic rings. The molecule has 0 aliphatic carbocycles. The molecular formula is C4CoF12N2. The Bertz CT molecular complexity index is 184. The van der Waals surface area contributed by atoms with E-state index in [1.54, 1.807) is 0 Å². The molecule has 19 heavy (non-hydrogen) atoms. The zero-order valence-corrected chi connectivity index (χ0v) is 8.80. The Hall–Kier alpha value is -0.414. The molecule has 0 spiro atoms. The minimum atomic E-state index is -5.52. The van der Waals surface area contributed by atoms with Crippen molar-refractivity contribution in [1.29, 1.82) is 0 Å². The summed E-state index contributed by atoms with van der Waals surface area (Å²) >= 11 is 0. The van der Waals surface area contributed by atoms with Crippen LogP contribution in [0, 0.1) is 0 Å². The first-order valence-electron chi connectivity index (χ1n) is 3.16. The molecule has 0 unspecified atom stereocenters. The van der Waals surface area contributed by atoms with Crippen molar-refractivity contribution < 1.29 is 69.5 Å². The van der Waals surface area contributed by atoms with E-state index in [4.69, 9.17) is 0 Å². The summed E-state index contributed by atoms with van der Waals surface area (Å²) in [6.07, 6.45) is -22.1. The molecule has 0 aliphatic heterocycles. The molecule has 2 nitrogen and oxygen atoms in total. The molecule has 15 heteroatoms. The Morgan fingerprint density at radius 1 is 0.368 bits per heavy atom. The SMILES string of the molecule is FC(F)(F)[N-]C(F)(F)F.FC(F)(F)[N-]C(F)(F)F.[Co+2]. The molecule has 0 saturated carbocycles. The summed E-state index contributed by atoms with van der Waals surface area (Å²) < 4.78 is 128. The Morgan fingerprint density at radius 3 is 0.474 bits per heavy atom. The van der Waals surface area contributed by atoms with Gasteiger partial charge in [-0.25, -0.2) is 0 Å². The third-order valence-corrected chi connectivity index (χ3v) is 0.507. The third kappa shape index (κ3) is 31.8. The van der Waals surface area contributed by atoms with Crippen LogP contribution in [0.25, 0.3) is 10.6 Å². The summed E-state index contributed by atoms with van der Waals surface area (Å²) in [7, 11) is 0. The second-order valence-electron chi connectivity index (χ2n) is 2.09. The number of nitrogens with zero attached hydrogens (tertiary/aromatic N) is 2. The van der Waals surface area contributed by atoms with Crippen LogP contribution < -0.4 is 0 Å². The maximum atomic E-state index is 10.7. The molecule has 0 rings (SSSR count). The first-order chi connectivity index (χ1) is 7.41.